The number of isocyanates is 3. The first-order valence-electron chi connectivity index (χ1n) is 14.1. The lowest BCUT2D eigenvalue weighted by molar-refractivity contribution is -0.0228. The minimum absolute atomic E-state index is 0.114. The van der Waals surface area contributed by atoms with Crippen LogP contribution in [0.5, 0.6) is 0 Å². The largest absolute Gasteiger partial charge is 0.461 e. The van der Waals surface area contributed by atoms with E-state index in [4.69, 9.17) is 14.2 Å². The molecule has 0 saturated carbocycles. The lowest BCUT2D eigenvalue weighted by atomic mass is 9.88. The summed E-state index contributed by atoms with van der Waals surface area (Å²) in [6.07, 6.45) is 2.81. The minimum atomic E-state index is -1.21. The van der Waals surface area contributed by atoms with Crippen LogP contribution in [0.15, 0.2) is 69.6 Å². The lowest BCUT2D eigenvalue weighted by Gasteiger charge is -2.31. The van der Waals surface area contributed by atoms with Gasteiger partial charge in [0.25, 0.3) is 0 Å². The summed E-state index contributed by atoms with van der Waals surface area (Å²) in [4.78, 5) is 81.5. The van der Waals surface area contributed by atoms with Crippen molar-refractivity contribution in [3.05, 3.63) is 76.9 Å². The maximum absolute atomic E-state index is 13.0. The van der Waals surface area contributed by atoms with Crippen LogP contribution in [0.1, 0.15) is 40.4 Å². The van der Waals surface area contributed by atoms with Crippen molar-refractivity contribution in [3.63, 3.8) is 0 Å². The Bertz CT molecular complexity index is 1720. The molecular weight excluding hydrogens is 610 g/mol. The number of hydrogen-bond acceptors (Lipinski definition) is 12. The van der Waals surface area contributed by atoms with Gasteiger partial charge in [0.15, 0.2) is 0 Å². The number of ether oxygens (including phenoxy) is 3. The number of rotatable bonds is 13. The topological polar surface area (TPSA) is 191 Å². The highest BCUT2D eigenvalue weighted by molar-refractivity contribution is 5.91. The molecule has 0 aliphatic carbocycles. The van der Waals surface area contributed by atoms with E-state index in [0.29, 0.717) is 39.4 Å². The van der Waals surface area contributed by atoms with Crippen LogP contribution in [0.3, 0.4) is 0 Å². The molecule has 3 aromatic rings. The first-order chi connectivity index (χ1) is 22.5. The van der Waals surface area contributed by atoms with Gasteiger partial charge < -0.3 is 14.2 Å². The number of esters is 1. The average molecular weight is 642 g/mol. The van der Waals surface area contributed by atoms with Gasteiger partial charge in [0.1, 0.15) is 19.8 Å². The zero-order chi connectivity index (χ0) is 34.4. The first kappa shape index (κ1) is 35.3. The van der Waals surface area contributed by atoms with E-state index in [1.807, 2.05) is 0 Å². The number of carbonyl (C=O) groups excluding carboxylic acids is 6. The zero-order valence-electron chi connectivity index (χ0n) is 26.0. The fourth-order valence-corrected chi connectivity index (χ4v) is 4.19. The fourth-order valence-electron chi connectivity index (χ4n) is 4.19. The summed E-state index contributed by atoms with van der Waals surface area (Å²) in [6.45, 7) is 5.86. The van der Waals surface area contributed by atoms with Crippen molar-refractivity contribution in [1.82, 2.24) is 0 Å². The Morgan fingerprint density at radius 3 is 1.64 bits per heavy atom. The molecule has 0 aromatic heterocycles. The number of aryl methyl sites for hydroxylation is 3. The lowest BCUT2D eigenvalue weighted by Crippen LogP contribution is -2.40. The molecule has 0 atom stereocenters. The van der Waals surface area contributed by atoms with Crippen molar-refractivity contribution in [2.75, 3.05) is 30.5 Å². The van der Waals surface area contributed by atoms with E-state index < -0.39 is 23.6 Å². The third-order valence-corrected chi connectivity index (χ3v) is 6.99. The Balaban J connectivity index is 1.78. The summed E-state index contributed by atoms with van der Waals surface area (Å²) in [5.74, 6) is -0.756. The van der Waals surface area contributed by atoms with E-state index in [0.717, 1.165) is 0 Å². The molecule has 0 bridgehead atoms. The van der Waals surface area contributed by atoms with Gasteiger partial charge >= 0.3 is 18.2 Å². The predicted octanol–water partition coefficient (Wildman–Crippen LogP) is 6.56. The van der Waals surface area contributed by atoms with Crippen LogP contribution < -0.4 is 10.6 Å². The number of aliphatic imine (C=N–C) groups is 3. The Hall–Kier alpha value is -6.19. The van der Waals surface area contributed by atoms with Gasteiger partial charge in [-0.1, -0.05) is 19.1 Å². The van der Waals surface area contributed by atoms with Crippen molar-refractivity contribution in [1.29, 1.82) is 0 Å². The van der Waals surface area contributed by atoms with Crippen LogP contribution in [-0.2, 0) is 28.6 Å². The highest BCUT2D eigenvalue weighted by atomic mass is 16.6. The number of anilines is 2. The van der Waals surface area contributed by atoms with Crippen LogP contribution in [0.25, 0.3) is 0 Å². The van der Waals surface area contributed by atoms with Crippen molar-refractivity contribution >= 4 is 64.8 Å². The highest BCUT2D eigenvalue weighted by Gasteiger charge is 2.35. The van der Waals surface area contributed by atoms with Crippen LogP contribution in [-0.4, -0.2) is 56.2 Å². The number of amides is 2. The standard InChI is InChI=1S/C33H31N5O9/c1-5-33(15-45-30(42)24-10-21(2)11-27(12-24)34-18-39,16-46-31(43)37-25-8-6-22(3)28(13-25)35-19-40)17-47-32(44)38-26-9-7-23(4)29(14-26)36-20-41/h6-14H,5,15-17H2,1-4H3,(H,37,43)(H,38,44). The number of hydrogen-bond donors (Lipinski definition) is 2. The second-order valence-electron chi connectivity index (χ2n) is 10.5. The SMILES string of the molecule is CCC(COC(=O)Nc1ccc(C)c(N=C=O)c1)(COC(=O)Nc1ccc(C)c(N=C=O)c1)COC(=O)c1cc(C)cc(N=C=O)c1. The maximum atomic E-state index is 13.0. The molecule has 47 heavy (non-hydrogen) atoms. The normalized spacial score (nSPS) is 11.3. The van der Waals surface area contributed by atoms with Crippen molar-refractivity contribution in [2.45, 2.75) is 34.1 Å². The van der Waals surface area contributed by atoms with Crippen LogP contribution >= 0.6 is 0 Å². The van der Waals surface area contributed by atoms with E-state index in [1.165, 1.54) is 36.4 Å². The van der Waals surface area contributed by atoms with E-state index in [2.05, 4.69) is 25.6 Å². The highest BCUT2D eigenvalue weighted by Crippen LogP contribution is 2.28. The summed E-state index contributed by atoms with van der Waals surface area (Å²) in [5, 5.41) is 5.08. The van der Waals surface area contributed by atoms with Crippen LogP contribution in [0.2, 0.25) is 0 Å². The van der Waals surface area contributed by atoms with Gasteiger partial charge in [-0.05, 0) is 86.3 Å². The Labute approximate surface area is 269 Å². The fraction of sp³-hybridized carbons (Fsp3) is 0.273. The number of nitrogens with one attached hydrogen (secondary N) is 2. The van der Waals surface area contributed by atoms with E-state index >= 15 is 0 Å². The molecule has 242 valence electrons. The molecule has 0 heterocycles. The molecule has 0 aliphatic heterocycles. The third-order valence-electron chi connectivity index (χ3n) is 6.99. The van der Waals surface area contributed by atoms with E-state index in [-0.39, 0.29) is 37.5 Å². The number of carbonyl (C=O) groups is 3. The summed E-state index contributed by atoms with van der Waals surface area (Å²) < 4.78 is 16.5. The Morgan fingerprint density at radius 2 is 1.17 bits per heavy atom. The molecule has 3 rings (SSSR count). The molecule has 0 aliphatic rings. The minimum Gasteiger partial charge on any atom is -0.461 e. The van der Waals surface area contributed by atoms with Gasteiger partial charge in [-0.15, -0.1) is 0 Å². The van der Waals surface area contributed by atoms with E-state index in [9.17, 15) is 28.8 Å². The summed E-state index contributed by atoms with van der Waals surface area (Å²) >= 11 is 0. The molecule has 0 spiro atoms. The second kappa shape index (κ2) is 16.8. The average Bonchev–Trinajstić information content (AvgIpc) is 3.04. The first-order valence-corrected chi connectivity index (χ1v) is 14.1. The monoisotopic (exact) mass is 641 g/mol. The quantitative estimate of drug-likeness (QED) is 0.0899. The second-order valence-corrected chi connectivity index (χ2v) is 10.5. The van der Waals surface area contributed by atoms with Gasteiger partial charge in [-0.2, -0.15) is 15.0 Å². The molecule has 0 radical (unpaired) electrons. The van der Waals surface area contributed by atoms with Gasteiger partial charge in [0.2, 0.25) is 18.2 Å². The molecule has 0 unspecified atom stereocenters. The predicted molar refractivity (Wildman–Crippen MR) is 170 cm³/mol. The van der Waals surface area contributed by atoms with E-state index in [1.54, 1.807) is 64.1 Å². The van der Waals surface area contributed by atoms with Crippen LogP contribution in [0.4, 0.5) is 38.0 Å². The molecule has 14 heteroatoms. The van der Waals surface area contributed by atoms with Crippen molar-refractivity contribution < 1.29 is 43.0 Å². The third kappa shape index (κ3) is 10.4. The molecule has 3 aromatic carbocycles. The summed E-state index contributed by atoms with van der Waals surface area (Å²) in [6, 6.07) is 13.9. The summed E-state index contributed by atoms with van der Waals surface area (Å²) in [5.41, 5.74) is 2.34. The summed E-state index contributed by atoms with van der Waals surface area (Å²) in [7, 11) is 0. The molecule has 14 nitrogen and oxygen atoms in total. The van der Waals surface area contributed by atoms with Crippen molar-refractivity contribution in [2.24, 2.45) is 20.4 Å². The Kier molecular flexibility index (Phi) is 12.6. The zero-order valence-corrected chi connectivity index (χ0v) is 26.0. The van der Waals surface area contributed by atoms with Gasteiger partial charge in [0.05, 0.1) is 28.0 Å². The number of nitrogens with zero attached hydrogens (tertiary/aromatic N) is 3. The molecule has 0 fully saturated rings. The van der Waals surface area contributed by atoms with Gasteiger partial charge in [-0.25, -0.2) is 28.8 Å². The van der Waals surface area contributed by atoms with Gasteiger partial charge in [0, 0.05) is 11.4 Å². The smallest absolute Gasteiger partial charge is 0.411 e. The maximum Gasteiger partial charge on any atom is 0.411 e. The van der Waals surface area contributed by atoms with Crippen LogP contribution in [0, 0.1) is 26.2 Å². The molecule has 2 N–H and O–H groups in total. The molecular formula is C33H31N5O9. The Morgan fingerprint density at radius 1 is 0.681 bits per heavy atom. The van der Waals surface area contributed by atoms with Gasteiger partial charge in [-0.3, -0.25) is 10.6 Å². The van der Waals surface area contributed by atoms with Crippen molar-refractivity contribution in [3.8, 4) is 0 Å². The number of benzene rings is 3. The molecule has 0 saturated heterocycles. The molecule has 2 amide bonds.